The van der Waals surface area contributed by atoms with E-state index < -0.39 is 0 Å². The van der Waals surface area contributed by atoms with Crippen LogP contribution in [0.4, 0.5) is 11.4 Å². The molecule has 1 aliphatic rings. The fourth-order valence-electron chi connectivity index (χ4n) is 3.50. The number of benzene rings is 2. The summed E-state index contributed by atoms with van der Waals surface area (Å²) in [6, 6.07) is 9.58. The zero-order valence-corrected chi connectivity index (χ0v) is 19.0. The highest BCUT2D eigenvalue weighted by Gasteiger charge is 2.18. The predicted octanol–water partition coefficient (Wildman–Crippen LogP) is 4.17. The number of carbonyl (C=O) groups is 1. The van der Waals surface area contributed by atoms with E-state index in [9.17, 15) is 4.79 Å². The van der Waals surface area contributed by atoms with E-state index in [1.165, 1.54) is 5.69 Å². The second kappa shape index (κ2) is 9.50. The molecule has 2 aromatic rings. The van der Waals surface area contributed by atoms with Crippen LogP contribution in [0.2, 0.25) is 0 Å². The number of aryl methyl sites for hydroxylation is 1. The van der Waals surface area contributed by atoms with Crippen LogP contribution in [0.15, 0.2) is 34.8 Å². The lowest BCUT2D eigenvalue weighted by Gasteiger charge is -2.35. The van der Waals surface area contributed by atoms with Crippen molar-refractivity contribution < 1.29 is 14.3 Å². The van der Waals surface area contributed by atoms with E-state index in [-0.39, 0.29) is 5.91 Å². The second-order valence-corrected chi connectivity index (χ2v) is 7.86. The van der Waals surface area contributed by atoms with Crippen LogP contribution in [0.5, 0.6) is 11.5 Å². The number of hydrogen-bond acceptors (Lipinski definition) is 5. The van der Waals surface area contributed by atoms with E-state index in [0.717, 1.165) is 44.0 Å². The molecular weight excluding hydrogens is 434 g/mol. The molecule has 0 atom stereocenters. The number of halogens is 1. The molecule has 2 aromatic carbocycles. The van der Waals surface area contributed by atoms with E-state index in [2.05, 4.69) is 50.1 Å². The van der Waals surface area contributed by atoms with Crippen LogP contribution >= 0.6 is 15.9 Å². The van der Waals surface area contributed by atoms with Gasteiger partial charge >= 0.3 is 0 Å². The van der Waals surface area contributed by atoms with E-state index >= 15 is 0 Å². The molecule has 0 aliphatic carbocycles. The Kier molecular flexibility index (Phi) is 7.03. The Morgan fingerprint density at radius 3 is 2.21 bits per heavy atom. The molecule has 7 heteroatoms. The van der Waals surface area contributed by atoms with Crippen molar-refractivity contribution in [2.45, 2.75) is 13.8 Å². The Hall–Kier alpha value is -2.25. The van der Waals surface area contributed by atoms with Crippen molar-refractivity contribution in [3.63, 3.8) is 0 Å². The first-order valence-corrected chi connectivity index (χ1v) is 10.6. The summed E-state index contributed by atoms with van der Waals surface area (Å²) in [7, 11) is 3.12. The molecule has 0 aromatic heterocycles. The highest BCUT2D eigenvalue weighted by atomic mass is 79.9. The maximum atomic E-state index is 12.8. The first kappa shape index (κ1) is 21.5. The fraction of sp³-hybridized carbons (Fsp3) is 0.409. The summed E-state index contributed by atoms with van der Waals surface area (Å²) in [5.41, 5.74) is 3.50. The number of anilines is 2. The minimum Gasteiger partial charge on any atom is -0.495 e. The number of likely N-dealkylation sites (N-methyl/N-ethyl adjacent to an activating group) is 1. The van der Waals surface area contributed by atoms with Gasteiger partial charge in [0.15, 0.2) is 0 Å². The van der Waals surface area contributed by atoms with Gasteiger partial charge in [0.05, 0.1) is 14.2 Å². The molecule has 0 bridgehead atoms. The second-order valence-electron chi connectivity index (χ2n) is 7.07. The maximum absolute atomic E-state index is 12.8. The molecule has 0 radical (unpaired) electrons. The van der Waals surface area contributed by atoms with Gasteiger partial charge in [0.25, 0.3) is 5.91 Å². The Morgan fingerprint density at radius 1 is 1.07 bits per heavy atom. The van der Waals surface area contributed by atoms with Crippen LogP contribution in [-0.2, 0) is 0 Å². The van der Waals surface area contributed by atoms with Crippen LogP contribution in [-0.4, -0.2) is 57.8 Å². The van der Waals surface area contributed by atoms with Gasteiger partial charge in [-0.3, -0.25) is 4.79 Å². The number of methoxy groups -OCH3 is 2. The minimum atomic E-state index is -0.207. The molecular formula is C22H28BrN3O3. The summed E-state index contributed by atoms with van der Waals surface area (Å²) in [6.45, 7) is 9.54. The van der Waals surface area contributed by atoms with Gasteiger partial charge < -0.3 is 24.6 Å². The molecule has 1 saturated heterocycles. The lowest BCUT2D eigenvalue weighted by Crippen LogP contribution is -2.46. The maximum Gasteiger partial charge on any atom is 0.255 e. The number of nitrogens with one attached hydrogen (secondary N) is 1. The topological polar surface area (TPSA) is 54.0 Å². The molecule has 1 N–H and O–H groups in total. The molecule has 0 saturated carbocycles. The largest absolute Gasteiger partial charge is 0.495 e. The van der Waals surface area contributed by atoms with Gasteiger partial charge in [0.2, 0.25) is 0 Å². The van der Waals surface area contributed by atoms with Gasteiger partial charge in [-0.15, -0.1) is 0 Å². The van der Waals surface area contributed by atoms with Crippen molar-refractivity contribution in [3.8, 4) is 11.5 Å². The number of carbonyl (C=O) groups excluding carboxylic acids is 1. The number of rotatable bonds is 6. The summed E-state index contributed by atoms with van der Waals surface area (Å²) in [6.07, 6.45) is 0. The summed E-state index contributed by atoms with van der Waals surface area (Å²) < 4.78 is 11.4. The number of nitrogens with zero attached hydrogens (tertiary/aromatic N) is 2. The number of ether oxygens (including phenoxy) is 2. The molecule has 3 rings (SSSR count). The van der Waals surface area contributed by atoms with Gasteiger partial charge in [-0.05, 0) is 65.3 Å². The molecule has 0 unspecified atom stereocenters. The first-order chi connectivity index (χ1) is 14.0. The van der Waals surface area contributed by atoms with E-state index in [1.54, 1.807) is 26.4 Å². The monoisotopic (exact) mass is 461 g/mol. The Balaban J connectivity index is 1.74. The van der Waals surface area contributed by atoms with Crippen molar-refractivity contribution in [2.24, 2.45) is 0 Å². The van der Waals surface area contributed by atoms with Gasteiger partial charge in [-0.25, -0.2) is 0 Å². The van der Waals surface area contributed by atoms with Crippen molar-refractivity contribution in [3.05, 3.63) is 45.9 Å². The Labute approximate surface area is 180 Å². The Morgan fingerprint density at radius 2 is 1.69 bits per heavy atom. The highest BCUT2D eigenvalue weighted by Crippen LogP contribution is 2.36. The zero-order valence-electron chi connectivity index (χ0n) is 17.4. The third-order valence-electron chi connectivity index (χ3n) is 5.35. The highest BCUT2D eigenvalue weighted by molar-refractivity contribution is 9.10. The van der Waals surface area contributed by atoms with Crippen LogP contribution in [0.3, 0.4) is 0 Å². The summed E-state index contributed by atoms with van der Waals surface area (Å²) in [5, 5.41) is 3.00. The molecule has 1 fully saturated rings. The number of hydrogen-bond donors (Lipinski definition) is 1. The molecule has 0 spiro atoms. The van der Waals surface area contributed by atoms with E-state index in [1.807, 2.05) is 13.0 Å². The zero-order chi connectivity index (χ0) is 21.0. The van der Waals surface area contributed by atoms with Gasteiger partial charge in [-0.2, -0.15) is 0 Å². The van der Waals surface area contributed by atoms with Crippen LogP contribution in [0, 0.1) is 6.92 Å². The van der Waals surface area contributed by atoms with Crippen molar-refractivity contribution >= 4 is 33.2 Å². The SMILES string of the molecule is CCN1CCN(c2ccc(NC(=O)c3cc(OC)c(Br)c(OC)c3)c(C)c2)CC1. The standard InChI is InChI=1S/C22H28BrN3O3/c1-5-25-8-10-26(11-9-25)17-6-7-18(15(2)12-17)24-22(27)16-13-19(28-3)21(23)20(14-16)29-4/h6-7,12-14H,5,8-11H2,1-4H3,(H,24,27). The van der Waals surface area contributed by atoms with E-state index in [0.29, 0.717) is 21.5 Å². The number of piperazine rings is 1. The molecule has 29 heavy (non-hydrogen) atoms. The Bertz CT molecular complexity index is 855. The van der Waals surface area contributed by atoms with Crippen molar-refractivity contribution in [1.29, 1.82) is 0 Å². The van der Waals surface area contributed by atoms with Crippen LogP contribution in [0.1, 0.15) is 22.8 Å². The predicted molar refractivity (Wildman–Crippen MR) is 121 cm³/mol. The third-order valence-corrected chi connectivity index (χ3v) is 6.13. The third kappa shape index (κ3) is 4.85. The van der Waals surface area contributed by atoms with Crippen LogP contribution in [0.25, 0.3) is 0 Å². The molecule has 6 nitrogen and oxygen atoms in total. The smallest absolute Gasteiger partial charge is 0.255 e. The average molecular weight is 462 g/mol. The van der Waals surface area contributed by atoms with Gasteiger partial charge in [0.1, 0.15) is 16.0 Å². The quantitative estimate of drug-likeness (QED) is 0.699. The fourth-order valence-corrected chi connectivity index (χ4v) is 4.05. The average Bonchev–Trinajstić information content (AvgIpc) is 2.75. The molecule has 1 aliphatic heterocycles. The van der Waals surface area contributed by atoms with Gasteiger partial charge in [0, 0.05) is 43.1 Å². The normalized spacial score (nSPS) is 14.6. The molecule has 1 heterocycles. The first-order valence-electron chi connectivity index (χ1n) is 9.77. The summed E-state index contributed by atoms with van der Waals surface area (Å²) >= 11 is 3.43. The number of amides is 1. The van der Waals surface area contributed by atoms with Crippen molar-refractivity contribution in [1.82, 2.24) is 4.90 Å². The van der Waals surface area contributed by atoms with Crippen LogP contribution < -0.4 is 19.7 Å². The summed E-state index contributed by atoms with van der Waals surface area (Å²) in [5.74, 6) is 0.891. The molecule has 156 valence electrons. The van der Waals surface area contributed by atoms with E-state index in [4.69, 9.17) is 9.47 Å². The van der Waals surface area contributed by atoms with Crippen molar-refractivity contribution in [2.75, 3.05) is 57.2 Å². The molecule has 1 amide bonds. The lowest BCUT2D eigenvalue weighted by atomic mass is 10.1. The van der Waals surface area contributed by atoms with Gasteiger partial charge in [-0.1, -0.05) is 6.92 Å². The lowest BCUT2D eigenvalue weighted by molar-refractivity contribution is 0.102. The minimum absolute atomic E-state index is 0.207. The summed E-state index contributed by atoms with van der Waals surface area (Å²) in [4.78, 5) is 17.7.